The van der Waals surface area contributed by atoms with Crippen LogP contribution in [0.4, 0.5) is 0 Å². The van der Waals surface area contributed by atoms with Crippen molar-refractivity contribution in [1.82, 2.24) is 19.6 Å². The number of carbonyl (C=O) groups excluding carboxylic acids is 2. The van der Waals surface area contributed by atoms with Crippen LogP contribution in [0.5, 0.6) is 0 Å². The smallest absolute Gasteiger partial charge is 0.289 e. The van der Waals surface area contributed by atoms with Gasteiger partial charge in [0.1, 0.15) is 0 Å². The zero-order valence-electron chi connectivity index (χ0n) is 16.6. The molecule has 0 spiro atoms. The first-order valence-electron chi connectivity index (χ1n) is 9.57. The van der Waals surface area contributed by atoms with Crippen LogP contribution < -0.4 is 5.32 Å². The topological polar surface area (TPSA) is 66.7 Å². The maximum absolute atomic E-state index is 12.8. The Kier molecular flexibility index (Phi) is 6.09. The van der Waals surface area contributed by atoms with E-state index < -0.39 is 0 Å². The first kappa shape index (κ1) is 19.6. The largest absolute Gasteiger partial charge is 0.347 e. The highest BCUT2D eigenvalue weighted by Gasteiger charge is 2.23. The number of amides is 2. The van der Waals surface area contributed by atoms with E-state index in [1.807, 2.05) is 43.3 Å². The molecule has 6 nitrogen and oxygen atoms in total. The van der Waals surface area contributed by atoms with Crippen molar-refractivity contribution in [1.29, 1.82) is 0 Å². The lowest BCUT2D eigenvalue weighted by molar-refractivity contribution is 0.0780. The van der Waals surface area contributed by atoms with Crippen molar-refractivity contribution in [3.63, 3.8) is 0 Å². The van der Waals surface area contributed by atoms with Gasteiger partial charge in [-0.1, -0.05) is 49.2 Å². The van der Waals surface area contributed by atoms with E-state index in [9.17, 15) is 9.59 Å². The van der Waals surface area contributed by atoms with Crippen LogP contribution in [0.3, 0.4) is 0 Å². The van der Waals surface area contributed by atoms with Gasteiger partial charge < -0.3 is 10.2 Å². The second-order valence-corrected chi connectivity index (χ2v) is 6.99. The first-order chi connectivity index (χ1) is 13.5. The Morgan fingerprint density at radius 3 is 2.75 bits per heavy atom. The number of hydrogen-bond donors (Lipinski definition) is 1. The summed E-state index contributed by atoms with van der Waals surface area (Å²) >= 11 is 0. The van der Waals surface area contributed by atoms with Gasteiger partial charge in [0, 0.05) is 26.3 Å². The Balaban J connectivity index is 1.85. The third-order valence-electron chi connectivity index (χ3n) is 4.68. The number of unbranched alkanes of at least 4 members (excludes halogenated alkanes) is 1. The van der Waals surface area contributed by atoms with Gasteiger partial charge in [0.2, 0.25) is 5.82 Å². The van der Waals surface area contributed by atoms with Crippen LogP contribution >= 0.6 is 0 Å². The maximum atomic E-state index is 12.8. The van der Waals surface area contributed by atoms with Gasteiger partial charge in [-0.3, -0.25) is 14.0 Å². The molecule has 1 aromatic carbocycles. The number of carbonyl (C=O) groups is 2. The number of rotatable bonds is 7. The fraction of sp³-hybridized carbons (Fsp3) is 0.318. The molecule has 0 aliphatic carbocycles. The van der Waals surface area contributed by atoms with Crippen molar-refractivity contribution in [2.45, 2.75) is 33.2 Å². The summed E-state index contributed by atoms with van der Waals surface area (Å²) in [6, 6.07) is 13.4. The van der Waals surface area contributed by atoms with Crippen LogP contribution in [-0.4, -0.2) is 39.7 Å². The molecule has 28 heavy (non-hydrogen) atoms. The molecule has 0 aliphatic heterocycles. The van der Waals surface area contributed by atoms with Gasteiger partial charge in [0.25, 0.3) is 11.8 Å². The SMILES string of the molecule is CCCCN(C)C(=O)c1nc(C(=O)NCc2cccc(C)c2)c2ccccn12. The second-order valence-electron chi connectivity index (χ2n) is 6.99. The lowest BCUT2D eigenvalue weighted by atomic mass is 10.1. The molecule has 0 bridgehead atoms. The van der Waals surface area contributed by atoms with E-state index in [2.05, 4.69) is 17.2 Å². The number of hydrogen-bond acceptors (Lipinski definition) is 3. The summed E-state index contributed by atoms with van der Waals surface area (Å²) in [6.45, 7) is 5.17. The molecule has 0 aliphatic rings. The molecule has 0 atom stereocenters. The van der Waals surface area contributed by atoms with Gasteiger partial charge in [-0.2, -0.15) is 0 Å². The van der Waals surface area contributed by atoms with Crippen LogP contribution in [0.15, 0.2) is 48.7 Å². The number of nitrogens with zero attached hydrogens (tertiary/aromatic N) is 3. The van der Waals surface area contributed by atoms with Gasteiger partial charge in [-0.05, 0) is 31.0 Å². The second kappa shape index (κ2) is 8.69. The molecule has 0 saturated heterocycles. The summed E-state index contributed by atoms with van der Waals surface area (Å²) in [5.74, 6) is -0.220. The van der Waals surface area contributed by atoms with Crippen LogP contribution in [0, 0.1) is 6.92 Å². The fourth-order valence-corrected chi connectivity index (χ4v) is 3.11. The van der Waals surface area contributed by atoms with E-state index in [1.54, 1.807) is 28.6 Å². The monoisotopic (exact) mass is 378 g/mol. The highest BCUT2D eigenvalue weighted by atomic mass is 16.2. The molecular formula is C22H26N4O2. The van der Waals surface area contributed by atoms with Crippen LogP contribution in [0.25, 0.3) is 5.52 Å². The number of fused-ring (bicyclic) bond motifs is 1. The Morgan fingerprint density at radius 2 is 2.00 bits per heavy atom. The predicted octanol–water partition coefficient (Wildman–Crippen LogP) is 3.44. The lowest BCUT2D eigenvalue weighted by Gasteiger charge is -2.15. The Bertz CT molecular complexity index is 993. The van der Waals surface area contributed by atoms with Gasteiger partial charge in [0.05, 0.1) is 5.52 Å². The normalized spacial score (nSPS) is 10.8. The van der Waals surface area contributed by atoms with Crippen molar-refractivity contribution in [3.05, 3.63) is 71.3 Å². The summed E-state index contributed by atoms with van der Waals surface area (Å²) in [7, 11) is 1.76. The van der Waals surface area contributed by atoms with E-state index in [0.29, 0.717) is 18.6 Å². The molecule has 146 valence electrons. The minimum Gasteiger partial charge on any atom is -0.347 e. The summed E-state index contributed by atoms with van der Waals surface area (Å²) in [4.78, 5) is 31.7. The molecule has 2 heterocycles. The third-order valence-corrected chi connectivity index (χ3v) is 4.68. The molecule has 0 radical (unpaired) electrons. The average molecular weight is 378 g/mol. The van der Waals surface area contributed by atoms with Crippen LogP contribution in [0.2, 0.25) is 0 Å². The predicted molar refractivity (Wildman–Crippen MR) is 109 cm³/mol. The number of imidazole rings is 1. The van der Waals surface area contributed by atoms with Crippen molar-refractivity contribution >= 4 is 17.3 Å². The molecule has 2 aromatic heterocycles. The Labute approximate surface area is 165 Å². The van der Waals surface area contributed by atoms with E-state index in [0.717, 1.165) is 24.0 Å². The molecule has 0 unspecified atom stereocenters. The number of aromatic nitrogens is 2. The quantitative estimate of drug-likeness (QED) is 0.685. The van der Waals surface area contributed by atoms with Crippen molar-refractivity contribution in [3.8, 4) is 0 Å². The van der Waals surface area contributed by atoms with Gasteiger partial charge >= 0.3 is 0 Å². The summed E-state index contributed by atoms with van der Waals surface area (Å²) in [5, 5.41) is 2.91. The molecule has 3 aromatic rings. The van der Waals surface area contributed by atoms with Crippen LogP contribution in [0.1, 0.15) is 52.0 Å². The molecule has 1 N–H and O–H groups in total. The van der Waals surface area contributed by atoms with Crippen molar-refractivity contribution in [2.75, 3.05) is 13.6 Å². The standard InChI is InChI=1S/C22H26N4O2/c1-4-5-12-25(3)22(28)20-24-19(18-11-6-7-13-26(18)20)21(27)23-15-17-10-8-9-16(2)14-17/h6-11,13-14H,4-5,12,15H2,1-3H3,(H,23,27). The molecule has 6 heteroatoms. The molecular weight excluding hydrogens is 352 g/mol. The first-order valence-corrected chi connectivity index (χ1v) is 9.57. The minimum absolute atomic E-state index is 0.188. The number of nitrogens with one attached hydrogen (secondary N) is 1. The zero-order valence-corrected chi connectivity index (χ0v) is 16.6. The van der Waals surface area contributed by atoms with E-state index in [4.69, 9.17) is 0 Å². The van der Waals surface area contributed by atoms with Crippen molar-refractivity contribution < 1.29 is 9.59 Å². The Hall–Kier alpha value is -3.15. The van der Waals surface area contributed by atoms with Crippen molar-refractivity contribution in [2.24, 2.45) is 0 Å². The number of pyridine rings is 1. The van der Waals surface area contributed by atoms with Gasteiger partial charge in [-0.15, -0.1) is 0 Å². The lowest BCUT2D eigenvalue weighted by Crippen LogP contribution is -2.29. The van der Waals surface area contributed by atoms with E-state index >= 15 is 0 Å². The highest BCUT2D eigenvalue weighted by Crippen LogP contribution is 2.15. The molecule has 3 rings (SSSR count). The number of aryl methyl sites for hydroxylation is 1. The minimum atomic E-state index is -0.291. The van der Waals surface area contributed by atoms with E-state index in [-0.39, 0.29) is 23.3 Å². The zero-order chi connectivity index (χ0) is 20.1. The van der Waals surface area contributed by atoms with Gasteiger partial charge in [0.15, 0.2) is 5.69 Å². The summed E-state index contributed by atoms with van der Waals surface area (Å²) in [5.41, 5.74) is 3.05. The average Bonchev–Trinajstić information content (AvgIpc) is 3.09. The number of benzene rings is 1. The van der Waals surface area contributed by atoms with Crippen LogP contribution in [-0.2, 0) is 6.54 Å². The fourth-order valence-electron chi connectivity index (χ4n) is 3.11. The Morgan fingerprint density at radius 1 is 1.18 bits per heavy atom. The summed E-state index contributed by atoms with van der Waals surface area (Å²) in [6.07, 6.45) is 3.70. The molecule has 0 saturated carbocycles. The molecule has 2 amide bonds. The maximum Gasteiger partial charge on any atom is 0.289 e. The highest BCUT2D eigenvalue weighted by molar-refractivity contribution is 6.02. The van der Waals surface area contributed by atoms with E-state index in [1.165, 1.54) is 0 Å². The molecule has 0 fully saturated rings. The third kappa shape index (κ3) is 4.22. The summed E-state index contributed by atoms with van der Waals surface area (Å²) < 4.78 is 1.69. The van der Waals surface area contributed by atoms with Gasteiger partial charge in [-0.25, -0.2) is 4.98 Å².